The highest BCUT2D eigenvalue weighted by atomic mass is 35.5. The molecule has 0 aliphatic carbocycles. The normalized spacial score (nSPS) is 11.2. The third-order valence-corrected chi connectivity index (χ3v) is 6.00. The first-order valence-corrected chi connectivity index (χ1v) is 10.1. The van der Waals surface area contributed by atoms with Gasteiger partial charge in [-0.3, -0.25) is 14.4 Å². The number of halogens is 1. The van der Waals surface area contributed by atoms with Gasteiger partial charge in [0.05, 0.1) is 23.3 Å². The first-order valence-electron chi connectivity index (χ1n) is 8.92. The molecule has 0 spiro atoms. The van der Waals surface area contributed by atoms with Crippen LogP contribution in [0.3, 0.4) is 0 Å². The van der Waals surface area contributed by atoms with Crippen molar-refractivity contribution in [1.82, 2.24) is 15.7 Å². The van der Waals surface area contributed by atoms with Crippen molar-refractivity contribution in [2.75, 3.05) is 6.54 Å². The zero-order chi connectivity index (χ0) is 21.1. The van der Waals surface area contributed by atoms with Crippen molar-refractivity contribution < 1.29 is 9.59 Å². The maximum atomic E-state index is 12.4. The number of rotatable bonds is 5. The highest BCUT2D eigenvalue weighted by Crippen LogP contribution is 2.34. The van der Waals surface area contributed by atoms with Gasteiger partial charge in [-0.2, -0.15) is 5.10 Å². The van der Waals surface area contributed by atoms with Crippen LogP contribution in [0.5, 0.6) is 0 Å². The van der Waals surface area contributed by atoms with E-state index in [1.54, 1.807) is 12.1 Å². The number of H-pyrrole nitrogens is 1. The van der Waals surface area contributed by atoms with Gasteiger partial charge in [0.1, 0.15) is 4.88 Å². The second-order valence-corrected chi connectivity index (χ2v) is 7.79. The highest BCUT2D eigenvalue weighted by molar-refractivity contribution is 7.21. The summed E-state index contributed by atoms with van der Waals surface area (Å²) in [7, 11) is 0. The lowest BCUT2D eigenvalue weighted by Gasteiger charge is -2.03. The molecule has 0 atom stereocenters. The number of aromatic nitrogens is 1. The topological polar surface area (TPSA) is 103 Å². The molecule has 0 radical (unpaired) electrons. The van der Waals surface area contributed by atoms with Crippen LogP contribution in [0, 0.1) is 0 Å². The van der Waals surface area contributed by atoms with Gasteiger partial charge < -0.3 is 10.3 Å². The summed E-state index contributed by atoms with van der Waals surface area (Å²) in [6.45, 7) is -0.283. The number of pyridine rings is 1. The third-order valence-electron chi connectivity index (χ3n) is 4.33. The Morgan fingerprint density at radius 1 is 1.13 bits per heavy atom. The van der Waals surface area contributed by atoms with E-state index in [4.69, 9.17) is 11.6 Å². The van der Waals surface area contributed by atoms with Crippen molar-refractivity contribution in [3.05, 3.63) is 80.4 Å². The lowest BCUT2D eigenvalue weighted by Crippen LogP contribution is -2.34. The van der Waals surface area contributed by atoms with E-state index in [0.717, 1.165) is 15.5 Å². The number of benzene rings is 2. The third kappa shape index (κ3) is 4.10. The molecule has 9 heteroatoms. The molecular formula is C21H15ClN4O3S. The van der Waals surface area contributed by atoms with E-state index in [9.17, 15) is 14.4 Å². The van der Waals surface area contributed by atoms with Gasteiger partial charge in [-0.1, -0.05) is 48.0 Å². The van der Waals surface area contributed by atoms with Gasteiger partial charge in [0.2, 0.25) is 0 Å². The van der Waals surface area contributed by atoms with Gasteiger partial charge in [0, 0.05) is 15.6 Å². The fourth-order valence-electron chi connectivity index (χ4n) is 2.87. The van der Waals surface area contributed by atoms with Crippen LogP contribution in [0.15, 0.2) is 64.5 Å². The Balaban J connectivity index is 1.37. The molecular weight excluding hydrogens is 424 g/mol. The van der Waals surface area contributed by atoms with Crippen LogP contribution in [0.1, 0.15) is 15.2 Å². The number of aromatic amines is 1. The van der Waals surface area contributed by atoms with Crippen LogP contribution >= 0.6 is 22.9 Å². The predicted octanol–water partition coefficient (Wildman–Crippen LogP) is 3.28. The number of nitrogens with zero attached hydrogens (tertiary/aromatic N) is 1. The minimum absolute atomic E-state index is 0.283. The summed E-state index contributed by atoms with van der Waals surface area (Å²) in [5.41, 5.74) is 2.98. The largest absolute Gasteiger partial charge is 0.342 e. The quantitative estimate of drug-likeness (QED) is 0.329. The molecule has 7 nitrogen and oxygen atoms in total. The number of nitrogens with one attached hydrogen (secondary N) is 3. The molecule has 0 saturated heterocycles. The van der Waals surface area contributed by atoms with Crippen molar-refractivity contribution in [2.24, 2.45) is 5.10 Å². The molecule has 150 valence electrons. The fraction of sp³-hybridized carbons (Fsp3) is 0.0476. The Hall–Kier alpha value is -3.49. The van der Waals surface area contributed by atoms with Crippen molar-refractivity contribution in [3.8, 4) is 0 Å². The van der Waals surface area contributed by atoms with Gasteiger partial charge in [0.15, 0.2) is 0 Å². The summed E-state index contributed by atoms with van der Waals surface area (Å²) < 4.78 is 0.891. The zero-order valence-corrected chi connectivity index (χ0v) is 17.0. The molecule has 2 aromatic heterocycles. The zero-order valence-electron chi connectivity index (χ0n) is 15.4. The van der Waals surface area contributed by atoms with E-state index >= 15 is 0 Å². The smallest absolute Gasteiger partial charge is 0.263 e. The first kappa shape index (κ1) is 19.8. The Labute approximate surface area is 179 Å². The van der Waals surface area contributed by atoms with E-state index in [0.29, 0.717) is 21.0 Å². The van der Waals surface area contributed by atoms with Crippen molar-refractivity contribution in [3.63, 3.8) is 0 Å². The van der Waals surface area contributed by atoms with Crippen molar-refractivity contribution in [1.29, 1.82) is 0 Å². The molecule has 2 heterocycles. The average molecular weight is 439 g/mol. The average Bonchev–Trinajstić information content (AvgIpc) is 3.09. The maximum absolute atomic E-state index is 12.4. The first-order chi connectivity index (χ1) is 14.5. The second-order valence-electron chi connectivity index (χ2n) is 6.36. The van der Waals surface area contributed by atoms with E-state index in [2.05, 4.69) is 20.8 Å². The van der Waals surface area contributed by atoms with E-state index in [1.807, 2.05) is 42.5 Å². The minimum Gasteiger partial charge on any atom is -0.342 e. The van der Waals surface area contributed by atoms with Crippen LogP contribution in [0.25, 0.3) is 21.0 Å². The SMILES string of the molecule is O=C(CNC(=O)c1sc2ccccc2c1Cl)N/N=C\c1cc2ccccc2[nH]c1=O. The standard InChI is InChI=1S/C21H15ClN4O3S/c22-18-14-6-2-4-8-16(14)30-19(18)21(29)23-11-17(27)26-24-10-13-9-12-5-1-3-7-15(12)25-20(13)28/h1-10H,11H2,(H,23,29)(H,25,28)(H,26,27)/b24-10-. The number of hydrazone groups is 1. The van der Waals surface area contributed by atoms with Gasteiger partial charge in [0.25, 0.3) is 17.4 Å². The molecule has 4 aromatic rings. The van der Waals surface area contributed by atoms with Crippen LogP contribution in [0.4, 0.5) is 0 Å². The molecule has 30 heavy (non-hydrogen) atoms. The molecule has 0 fully saturated rings. The summed E-state index contributed by atoms with van der Waals surface area (Å²) in [6, 6.07) is 16.4. The lowest BCUT2D eigenvalue weighted by atomic mass is 10.2. The van der Waals surface area contributed by atoms with Gasteiger partial charge >= 0.3 is 0 Å². The van der Waals surface area contributed by atoms with Gasteiger partial charge in [-0.05, 0) is 23.6 Å². The Morgan fingerprint density at radius 3 is 2.73 bits per heavy atom. The lowest BCUT2D eigenvalue weighted by molar-refractivity contribution is -0.120. The minimum atomic E-state index is -0.533. The van der Waals surface area contributed by atoms with E-state index in [1.165, 1.54) is 17.6 Å². The summed E-state index contributed by atoms with van der Waals surface area (Å²) in [5.74, 6) is -0.972. The Morgan fingerprint density at radius 2 is 1.90 bits per heavy atom. The summed E-state index contributed by atoms with van der Waals surface area (Å²) in [5, 5.41) is 8.31. The van der Waals surface area contributed by atoms with Crippen LogP contribution in [-0.4, -0.2) is 29.6 Å². The Bertz CT molecular complexity index is 1360. The number of hydrogen-bond donors (Lipinski definition) is 3. The maximum Gasteiger partial charge on any atom is 0.263 e. The molecule has 4 rings (SSSR count). The number of fused-ring (bicyclic) bond motifs is 2. The van der Waals surface area contributed by atoms with E-state index < -0.39 is 11.8 Å². The summed E-state index contributed by atoms with van der Waals surface area (Å²) in [6.07, 6.45) is 1.26. The second kappa shape index (κ2) is 8.48. The predicted molar refractivity (Wildman–Crippen MR) is 119 cm³/mol. The fourth-order valence-corrected chi connectivity index (χ4v) is 4.31. The molecule has 2 aromatic carbocycles. The van der Waals surface area contributed by atoms with Gasteiger partial charge in [-0.25, -0.2) is 5.43 Å². The number of carbonyl (C=O) groups excluding carboxylic acids is 2. The molecule has 2 amide bonds. The molecule has 0 bridgehead atoms. The Kier molecular flexibility index (Phi) is 5.60. The highest BCUT2D eigenvalue weighted by Gasteiger charge is 2.17. The molecule has 0 saturated carbocycles. The van der Waals surface area contributed by atoms with Crippen LogP contribution in [0.2, 0.25) is 5.02 Å². The van der Waals surface area contributed by atoms with Crippen molar-refractivity contribution in [2.45, 2.75) is 0 Å². The molecule has 0 unspecified atom stereocenters. The number of para-hydroxylation sites is 1. The van der Waals surface area contributed by atoms with Crippen LogP contribution in [-0.2, 0) is 4.79 Å². The number of hydrogen-bond acceptors (Lipinski definition) is 5. The van der Waals surface area contributed by atoms with E-state index in [-0.39, 0.29) is 12.1 Å². The monoisotopic (exact) mass is 438 g/mol. The number of thiophene rings is 1. The molecule has 0 aliphatic rings. The number of carbonyl (C=O) groups is 2. The summed E-state index contributed by atoms with van der Waals surface area (Å²) in [4.78, 5) is 39.5. The van der Waals surface area contributed by atoms with Crippen LogP contribution < -0.4 is 16.3 Å². The van der Waals surface area contributed by atoms with Gasteiger partial charge in [-0.15, -0.1) is 11.3 Å². The number of amides is 2. The molecule has 0 aliphatic heterocycles. The molecule has 3 N–H and O–H groups in total. The summed E-state index contributed by atoms with van der Waals surface area (Å²) >= 11 is 7.53. The van der Waals surface area contributed by atoms with Crippen molar-refractivity contribution >= 4 is 62.0 Å².